The Bertz CT molecular complexity index is 845. The van der Waals surface area contributed by atoms with Gasteiger partial charge in [0.2, 0.25) is 0 Å². The second-order valence-electron chi connectivity index (χ2n) is 4.68. The molecule has 1 heterocycles. The molecule has 6 heteroatoms. The van der Waals surface area contributed by atoms with Crippen molar-refractivity contribution in [2.45, 2.75) is 12.8 Å². The zero-order valence-corrected chi connectivity index (χ0v) is 14.1. The van der Waals surface area contributed by atoms with Crippen LogP contribution in [0, 0.1) is 12.7 Å². The standard InChI is InChI=1S/C15H10BrCl2FN2/c1-8-4-14-12(6-11(8)19)20-15(7-17)21(14)13-5-9(18)2-3-10(13)16/h2-6H,7H2,1H3. The highest BCUT2D eigenvalue weighted by molar-refractivity contribution is 9.10. The number of hydrogen-bond acceptors (Lipinski definition) is 1. The molecule has 0 bridgehead atoms. The third-order valence-corrected chi connectivity index (χ3v) is 4.42. The highest BCUT2D eigenvalue weighted by Crippen LogP contribution is 2.31. The molecule has 0 spiro atoms. The van der Waals surface area contributed by atoms with E-state index in [2.05, 4.69) is 20.9 Å². The lowest BCUT2D eigenvalue weighted by Gasteiger charge is -2.11. The van der Waals surface area contributed by atoms with Gasteiger partial charge in [-0.2, -0.15) is 0 Å². The molecule has 0 aliphatic heterocycles. The van der Waals surface area contributed by atoms with Gasteiger partial charge in [0.25, 0.3) is 0 Å². The molecule has 0 N–H and O–H groups in total. The van der Waals surface area contributed by atoms with Gasteiger partial charge in [-0.1, -0.05) is 11.6 Å². The maximum Gasteiger partial charge on any atom is 0.129 e. The van der Waals surface area contributed by atoms with E-state index < -0.39 is 0 Å². The van der Waals surface area contributed by atoms with Crippen LogP contribution in [0.2, 0.25) is 5.02 Å². The fourth-order valence-electron chi connectivity index (χ4n) is 2.27. The number of hydrogen-bond donors (Lipinski definition) is 0. The minimum atomic E-state index is -0.279. The van der Waals surface area contributed by atoms with E-state index in [4.69, 9.17) is 23.2 Å². The molecular weight excluding hydrogens is 378 g/mol. The van der Waals surface area contributed by atoms with Crippen molar-refractivity contribution in [2.24, 2.45) is 0 Å². The normalized spacial score (nSPS) is 11.3. The van der Waals surface area contributed by atoms with E-state index in [0.717, 1.165) is 15.7 Å². The summed E-state index contributed by atoms with van der Waals surface area (Å²) in [6.07, 6.45) is 0. The Labute approximate surface area is 139 Å². The van der Waals surface area contributed by atoms with Crippen molar-refractivity contribution in [1.82, 2.24) is 9.55 Å². The average Bonchev–Trinajstić information content (AvgIpc) is 2.79. The van der Waals surface area contributed by atoms with Crippen molar-refractivity contribution in [2.75, 3.05) is 0 Å². The lowest BCUT2D eigenvalue weighted by Crippen LogP contribution is -2.00. The van der Waals surface area contributed by atoms with Crippen LogP contribution in [0.4, 0.5) is 4.39 Å². The van der Waals surface area contributed by atoms with Gasteiger partial charge in [0.15, 0.2) is 0 Å². The molecule has 108 valence electrons. The number of alkyl halides is 1. The number of aromatic nitrogens is 2. The van der Waals surface area contributed by atoms with Gasteiger partial charge in [-0.3, -0.25) is 4.57 Å². The van der Waals surface area contributed by atoms with Gasteiger partial charge < -0.3 is 0 Å². The summed E-state index contributed by atoms with van der Waals surface area (Å²) in [6.45, 7) is 1.72. The van der Waals surface area contributed by atoms with E-state index in [9.17, 15) is 4.39 Å². The second kappa shape index (κ2) is 5.59. The summed E-state index contributed by atoms with van der Waals surface area (Å²) >= 11 is 15.6. The molecule has 0 amide bonds. The number of aryl methyl sites for hydroxylation is 1. The highest BCUT2D eigenvalue weighted by Gasteiger charge is 2.16. The minimum Gasteiger partial charge on any atom is -0.294 e. The topological polar surface area (TPSA) is 17.8 Å². The Kier molecular flexibility index (Phi) is 3.95. The molecule has 3 aromatic rings. The summed E-state index contributed by atoms with van der Waals surface area (Å²) < 4.78 is 16.5. The van der Waals surface area contributed by atoms with Gasteiger partial charge in [0, 0.05) is 15.6 Å². The molecule has 0 atom stereocenters. The van der Waals surface area contributed by atoms with Crippen molar-refractivity contribution in [3.05, 3.63) is 57.0 Å². The number of benzene rings is 2. The van der Waals surface area contributed by atoms with Crippen molar-refractivity contribution in [3.8, 4) is 5.69 Å². The first kappa shape index (κ1) is 14.8. The molecule has 2 nitrogen and oxygen atoms in total. The number of fused-ring (bicyclic) bond motifs is 1. The summed E-state index contributed by atoms with van der Waals surface area (Å²) in [7, 11) is 0. The largest absolute Gasteiger partial charge is 0.294 e. The van der Waals surface area contributed by atoms with Gasteiger partial charge in [-0.05, 0) is 52.7 Å². The van der Waals surface area contributed by atoms with Crippen LogP contribution in [0.1, 0.15) is 11.4 Å². The molecule has 0 aliphatic rings. The molecule has 0 saturated heterocycles. The van der Waals surface area contributed by atoms with Gasteiger partial charge in [-0.15, -0.1) is 11.6 Å². The van der Waals surface area contributed by atoms with Gasteiger partial charge in [0.1, 0.15) is 11.6 Å². The number of imidazole rings is 1. The summed E-state index contributed by atoms with van der Waals surface area (Å²) in [4.78, 5) is 4.41. The minimum absolute atomic E-state index is 0.217. The van der Waals surface area contributed by atoms with Crippen molar-refractivity contribution < 1.29 is 4.39 Å². The van der Waals surface area contributed by atoms with Crippen LogP contribution < -0.4 is 0 Å². The second-order valence-corrected chi connectivity index (χ2v) is 6.24. The fraction of sp³-hybridized carbons (Fsp3) is 0.133. The van der Waals surface area contributed by atoms with E-state index in [0.29, 0.717) is 21.9 Å². The molecule has 3 rings (SSSR count). The predicted octanol–water partition coefficient (Wildman–Crippen LogP) is 5.63. The summed E-state index contributed by atoms with van der Waals surface area (Å²) in [5.41, 5.74) is 2.75. The molecule has 0 radical (unpaired) electrons. The van der Waals surface area contributed by atoms with Crippen molar-refractivity contribution in [3.63, 3.8) is 0 Å². The SMILES string of the molecule is Cc1cc2c(cc1F)nc(CCl)n2-c1cc(Cl)ccc1Br. The van der Waals surface area contributed by atoms with E-state index in [1.165, 1.54) is 6.07 Å². The van der Waals surface area contributed by atoms with E-state index in [1.807, 2.05) is 16.7 Å². The van der Waals surface area contributed by atoms with E-state index in [-0.39, 0.29) is 11.7 Å². The molecule has 1 aromatic heterocycles. The van der Waals surface area contributed by atoms with E-state index in [1.54, 1.807) is 19.1 Å². The molecule has 0 unspecified atom stereocenters. The first-order chi connectivity index (χ1) is 10.0. The van der Waals surface area contributed by atoms with Gasteiger partial charge >= 0.3 is 0 Å². The van der Waals surface area contributed by atoms with E-state index >= 15 is 0 Å². The van der Waals surface area contributed by atoms with Crippen LogP contribution in [0.25, 0.3) is 16.7 Å². The van der Waals surface area contributed by atoms with Gasteiger partial charge in [0.05, 0.1) is 22.6 Å². The van der Waals surface area contributed by atoms with Crippen molar-refractivity contribution in [1.29, 1.82) is 0 Å². The van der Waals surface area contributed by atoms with Crippen LogP contribution in [0.15, 0.2) is 34.8 Å². The average molecular weight is 388 g/mol. The Balaban J connectivity index is 2.40. The molecule has 2 aromatic carbocycles. The fourth-order valence-corrected chi connectivity index (χ4v) is 3.04. The number of nitrogens with zero attached hydrogens (tertiary/aromatic N) is 2. The Hall–Kier alpha value is -1.10. The summed E-state index contributed by atoms with van der Waals surface area (Å²) in [5, 5.41) is 0.606. The zero-order valence-electron chi connectivity index (χ0n) is 11.0. The summed E-state index contributed by atoms with van der Waals surface area (Å²) in [6, 6.07) is 8.66. The molecule has 0 fully saturated rings. The maximum absolute atomic E-state index is 13.7. The lowest BCUT2D eigenvalue weighted by molar-refractivity contribution is 0.620. The Morgan fingerprint density at radius 1 is 1.29 bits per heavy atom. The zero-order chi connectivity index (χ0) is 15.1. The molecule has 0 aliphatic carbocycles. The van der Waals surface area contributed by atoms with Crippen LogP contribution in [-0.2, 0) is 5.88 Å². The third kappa shape index (κ3) is 2.56. The smallest absolute Gasteiger partial charge is 0.129 e. The van der Waals surface area contributed by atoms with Crippen LogP contribution in [-0.4, -0.2) is 9.55 Å². The van der Waals surface area contributed by atoms with Crippen LogP contribution in [0.3, 0.4) is 0 Å². The third-order valence-electron chi connectivity index (χ3n) is 3.27. The molecular formula is C15H10BrCl2FN2. The first-order valence-electron chi connectivity index (χ1n) is 6.20. The highest BCUT2D eigenvalue weighted by atomic mass is 79.9. The first-order valence-corrected chi connectivity index (χ1v) is 7.90. The predicted molar refractivity (Wildman–Crippen MR) is 88.0 cm³/mol. The van der Waals surface area contributed by atoms with Crippen LogP contribution in [0.5, 0.6) is 0 Å². The number of halogens is 4. The molecule has 0 saturated carbocycles. The Morgan fingerprint density at radius 2 is 2.05 bits per heavy atom. The quantitative estimate of drug-likeness (QED) is 0.521. The van der Waals surface area contributed by atoms with Crippen molar-refractivity contribution >= 4 is 50.2 Å². The van der Waals surface area contributed by atoms with Gasteiger partial charge in [-0.25, -0.2) is 9.37 Å². The molecule has 21 heavy (non-hydrogen) atoms. The monoisotopic (exact) mass is 386 g/mol. The number of rotatable bonds is 2. The lowest BCUT2D eigenvalue weighted by atomic mass is 10.2. The van der Waals surface area contributed by atoms with Crippen LogP contribution >= 0.6 is 39.1 Å². The maximum atomic E-state index is 13.7. The Morgan fingerprint density at radius 3 is 2.76 bits per heavy atom. The summed E-state index contributed by atoms with van der Waals surface area (Å²) in [5.74, 6) is 0.576.